The van der Waals surface area contributed by atoms with E-state index >= 15 is 0 Å². The number of anilines is 1. The van der Waals surface area contributed by atoms with Crippen molar-refractivity contribution in [3.05, 3.63) is 28.5 Å². The number of amides is 1. The topological polar surface area (TPSA) is 83.9 Å². The van der Waals surface area contributed by atoms with Crippen LogP contribution < -0.4 is 5.32 Å². The van der Waals surface area contributed by atoms with Crippen LogP contribution >= 0.6 is 11.5 Å². The molecule has 1 N–H and O–H groups in total. The van der Waals surface area contributed by atoms with Crippen molar-refractivity contribution in [1.82, 2.24) is 24.5 Å². The van der Waals surface area contributed by atoms with E-state index in [-0.39, 0.29) is 11.9 Å². The maximum absolute atomic E-state index is 12.7. The van der Waals surface area contributed by atoms with E-state index < -0.39 is 0 Å². The van der Waals surface area contributed by atoms with Gasteiger partial charge in [0, 0.05) is 36.1 Å². The zero-order valence-electron chi connectivity index (χ0n) is 13.2. The number of carbonyl (C=O) groups excluding carboxylic acids is 1. The van der Waals surface area contributed by atoms with Gasteiger partial charge in [-0.05, 0) is 43.1 Å². The smallest absolute Gasteiger partial charge is 0.275 e. The fraction of sp³-hybridized carbons (Fsp3) is 0.562. The van der Waals surface area contributed by atoms with Crippen LogP contribution in [0.2, 0.25) is 0 Å². The fourth-order valence-electron chi connectivity index (χ4n) is 3.78. The molecule has 24 heavy (non-hydrogen) atoms. The minimum atomic E-state index is -0.0277. The van der Waals surface area contributed by atoms with Crippen molar-refractivity contribution in [2.75, 3.05) is 18.4 Å². The van der Waals surface area contributed by atoms with Gasteiger partial charge in [-0.1, -0.05) is 4.49 Å². The number of nitrogens with zero attached hydrogens (tertiary/aromatic N) is 5. The number of hydrogen-bond acceptors (Lipinski definition) is 7. The fourth-order valence-corrected chi connectivity index (χ4v) is 4.21. The highest BCUT2D eigenvalue weighted by Crippen LogP contribution is 2.46. The molecule has 6 rings (SSSR count). The van der Waals surface area contributed by atoms with Gasteiger partial charge in [0.2, 0.25) is 5.95 Å². The first-order valence-electron chi connectivity index (χ1n) is 8.48. The van der Waals surface area contributed by atoms with Crippen molar-refractivity contribution in [2.24, 2.45) is 5.92 Å². The van der Waals surface area contributed by atoms with E-state index in [4.69, 9.17) is 4.98 Å². The molecule has 7 nitrogen and oxygen atoms in total. The van der Waals surface area contributed by atoms with Gasteiger partial charge in [-0.25, -0.2) is 9.97 Å². The van der Waals surface area contributed by atoms with Crippen molar-refractivity contribution in [3.8, 4) is 0 Å². The van der Waals surface area contributed by atoms with Gasteiger partial charge in [-0.3, -0.25) is 4.79 Å². The quantitative estimate of drug-likeness (QED) is 0.917. The van der Waals surface area contributed by atoms with Crippen LogP contribution in [-0.4, -0.2) is 43.5 Å². The summed E-state index contributed by atoms with van der Waals surface area (Å²) in [7, 11) is 0. The monoisotopic (exact) mass is 342 g/mol. The predicted octanol–water partition coefficient (Wildman–Crippen LogP) is 2.22. The van der Waals surface area contributed by atoms with Crippen LogP contribution in [0.1, 0.15) is 59.4 Å². The van der Waals surface area contributed by atoms with Gasteiger partial charge in [-0.15, -0.1) is 5.10 Å². The standard InChI is InChI=1S/C16H18N6OS/c23-15(12-8-24-21-20-12)22-7-10-3-4-13(22)11-6-18-16(19-14(10)11)17-5-9-1-2-9/h6,8-10,13H,1-5,7H2,(H,17,18,19). The van der Waals surface area contributed by atoms with E-state index in [1.165, 1.54) is 24.4 Å². The van der Waals surface area contributed by atoms with Crippen molar-refractivity contribution in [2.45, 2.75) is 37.6 Å². The average molecular weight is 342 g/mol. The van der Waals surface area contributed by atoms with Crippen molar-refractivity contribution < 1.29 is 4.79 Å². The van der Waals surface area contributed by atoms with Gasteiger partial charge in [0.05, 0.1) is 11.7 Å². The zero-order valence-corrected chi connectivity index (χ0v) is 14.0. The molecular formula is C16H18N6OS. The first-order chi connectivity index (χ1) is 11.8. The van der Waals surface area contributed by atoms with Gasteiger partial charge in [0.15, 0.2) is 5.69 Å². The molecule has 1 saturated carbocycles. The lowest BCUT2D eigenvalue weighted by Crippen LogP contribution is -2.46. The summed E-state index contributed by atoms with van der Waals surface area (Å²) in [4.78, 5) is 23.9. The van der Waals surface area contributed by atoms with E-state index in [9.17, 15) is 4.79 Å². The largest absolute Gasteiger partial charge is 0.354 e. The highest BCUT2D eigenvalue weighted by Gasteiger charge is 2.42. The summed E-state index contributed by atoms with van der Waals surface area (Å²) in [6.07, 6.45) is 6.58. The van der Waals surface area contributed by atoms with Crippen LogP contribution in [0.25, 0.3) is 0 Å². The minimum absolute atomic E-state index is 0.0277. The van der Waals surface area contributed by atoms with E-state index in [1.807, 2.05) is 11.1 Å². The number of fused-ring (bicyclic) bond motifs is 2. The van der Waals surface area contributed by atoms with E-state index in [0.717, 1.165) is 42.5 Å². The van der Waals surface area contributed by atoms with Gasteiger partial charge in [0.25, 0.3) is 5.91 Å². The second-order valence-corrected chi connectivity index (χ2v) is 7.51. The third-order valence-corrected chi connectivity index (χ3v) is 5.77. The third-order valence-electron chi connectivity index (χ3n) is 5.26. The number of rotatable bonds is 4. The van der Waals surface area contributed by atoms with Crippen LogP contribution in [0.3, 0.4) is 0 Å². The Morgan fingerprint density at radius 1 is 1.33 bits per heavy atom. The molecule has 4 heterocycles. The van der Waals surface area contributed by atoms with E-state index in [0.29, 0.717) is 18.2 Å². The summed E-state index contributed by atoms with van der Waals surface area (Å²) >= 11 is 1.21. The Kier molecular flexibility index (Phi) is 3.26. The maximum Gasteiger partial charge on any atom is 0.275 e. The highest BCUT2D eigenvalue weighted by molar-refractivity contribution is 7.03. The molecule has 2 fully saturated rings. The Balaban J connectivity index is 1.41. The number of carbonyl (C=O) groups is 1. The molecule has 124 valence electrons. The molecule has 0 spiro atoms. The van der Waals surface area contributed by atoms with Gasteiger partial charge in [0.1, 0.15) is 0 Å². The van der Waals surface area contributed by atoms with Crippen molar-refractivity contribution in [1.29, 1.82) is 0 Å². The summed E-state index contributed by atoms with van der Waals surface area (Å²) in [5.41, 5.74) is 2.67. The third kappa shape index (κ3) is 2.36. The molecule has 2 unspecified atom stereocenters. The molecule has 2 aromatic heterocycles. The maximum atomic E-state index is 12.7. The Bertz CT molecular complexity index is 775. The van der Waals surface area contributed by atoms with Crippen LogP contribution in [0.4, 0.5) is 5.95 Å². The summed E-state index contributed by atoms with van der Waals surface area (Å²) in [6, 6.07) is 0.0664. The summed E-state index contributed by atoms with van der Waals surface area (Å²) in [5.74, 6) is 1.79. The SMILES string of the molecule is O=C(c1csnn1)N1CC2CCC1c1cnc(NCC3CC3)nc12. The molecule has 2 aromatic rings. The Hall–Kier alpha value is -2.09. The van der Waals surface area contributed by atoms with Crippen molar-refractivity contribution >= 4 is 23.4 Å². The number of aromatic nitrogens is 4. The lowest BCUT2D eigenvalue weighted by atomic mass is 9.78. The van der Waals surface area contributed by atoms with Gasteiger partial charge >= 0.3 is 0 Å². The normalized spacial score (nSPS) is 24.8. The average Bonchev–Trinajstić information content (AvgIpc) is 3.30. The Labute approximate surface area is 143 Å². The lowest BCUT2D eigenvalue weighted by molar-refractivity contribution is 0.0528. The van der Waals surface area contributed by atoms with Crippen molar-refractivity contribution in [3.63, 3.8) is 0 Å². The zero-order chi connectivity index (χ0) is 16.1. The first-order valence-corrected chi connectivity index (χ1v) is 9.32. The lowest BCUT2D eigenvalue weighted by Gasteiger charge is -2.45. The van der Waals surface area contributed by atoms with Crippen LogP contribution in [0.15, 0.2) is 11.6 Å². The second kappa shape index (κ2) is 5.47. The van der Waals surface area contributed by atoms with E-state index in [1.54, 1.807) is 5.38 Å². The van der Waals surface area contributed by atoms with Crippen LogP contribution in [-0.2, 0) is 0 Å². The molecule has 1 saturated heterocycles. The molecule has 8 heteroatoms. The molecule has 1 amide bonds. The molecule has 2 aliphatic carbocycles. The molecule has 0 aromatic carbocycles. The van der Waals surface area contributed by atoms with Gasteiger partial charge in [-0.2, -0.15) is 0 Å². The molecule has 2 aliphatic heterocycles. The summed E-state index contributed by atoms with van der Waals surface area (Å²) in [5, 5.41) is 9.00. The summed E-state index contributed by atoms with van der Waals surface area (Å²) in [6.45, 7) is 1.68. The minimum Gasteiger partial charge on any atom is -0.354 e. The Morgan fingerprint density at radius 3 is 3.04 bits per heavy atom. The first kappa shape index (κ1) is 14.3. The predicted molar refractivity (Wildman–Crippen MR) is 88.9 cm³/mol. The highest BCUT2D eigenvalue weighted by atomic mass is 32.1. The summed E-state index contributed by atoms with van der Waals surface area (Å²) < 4.78 is 3.81. The number of nitrogens with one attached hydrogen (secondary N) is 1. The molecular weight excluding hydrogens is 324 g/mol. The molecule has 0 radical (unpaired) electrons. The number of hydrogen-bond donors (Lipinski definition) is 1. The van der Waals surface area contributed by atoms with Gasteiger partial charge < -0.3 is 10.2 Å². The number of piperidine rings is 1. The van der Waals surface area contributed by atoms with Crippen LogP contribution in [0.5, 0.6) is 0 Å². The van der Waals surface area contributed by atoms with Crippen LogP contribution in [0, 0.1) is 5.92 Å². The molecule has 4 aliphatic rings. The molecule has 2 atom stereocenters. The molecule has 2 bridgehead atoms. The van der Waals surface area contributed by atoms with E-state index in [2.05, 4.69) is 19.9 Å². The Morgan fingerprint density at radius 2 is 2.25 bits per heavy atom. The second-order valence-electron chi connectivity index (χ2n) is 6.90.